The van der Waals surface area contributed by atoms with E-state index in [9.17, 15) is 8.42 Å². The van der Waals surface area contributed by atoms with Crippen LogP contribution < -0.4 is 0 Å². The van der Waals surface area contributed by atoms with E-state index in [1.54, 1.807) is 13.8 Å². The molecule has 1 unspecified atom stereocenters. The van der Waals surface area contributed by atoms with E-state index in [0.29, 0.717) is 18.2 Å². The van der Waals surface area contributed by atoms with Crippen LogP contribution in [0.3, 0.4) is 0 Å². The van der Waals surface area contributed by atoms with E-state index in [2.05, 4.69) is 0 Å². The van der Waals surface area contributed by atoms with E-state index in [-0.39, 0.29) is 11.0 Å². The molecule has 0 fully saturated rings. The topological polar surface area (TPSA) is 34.1 Å². The predicted molar refractivity (Wildman–Crippen MR) is 58.0 cm³/mol. The molecule has 0 aliphatic carbocycles. The van der Waals surface area contributed by atoms with E-state index in [4.69, 9.17) is 11.6 Å². The fourth-order valence-corrected chi connectivity index (χ4v) is 2.46. The molecule has 80 valence electrons. The summed E-state index contributed by atoms with van der Waals surface area (Å²) in [7, 11) is -2.87. The molecule has 2 nitrogen and oxygen atoms in total. The Labute approximate surface area is 86.6 Å². The van der Waals surface area contributed by atoms with E-state index in [1.807, 2.05) is 6.92 Å². The Balaban J connectivity index is 4.01. The minimum Gasteiger partial charge on any atom is -0.229 e. The molecule has 0 aromatic rings. The van der Waals surface area contributed by atoms with Gasteiger partial charge in [-0.05, 0) is 26.2 Å². The third-order valence-corrected chi connectivity index (χ3v) is 5.00. The summed E-state index contributed by atoms with van der Waals surface area (Å²) in [5, 5.41) is -0.264. The van der Waals surface area contributed by atoms with E-state index >= 15 is 0 Å². The van der Waals surface area contributed by atoms with Crippen LogP contribution in [0.2, 0.25) is 0 Å². The molecule has 0 amide bonds. The second kappa shape index (κ2) is 5.86. The van der Waals surface area contributed by atoms with Crippen LogP contribution in [-0.2, 0) is 9.84 Å². The van der Waals surface area contributed by atoms with Crippen molar-refractivity contribution in [1.82, 2.24) is 0 Å². The molecule has 0 radical (unpaired) electrons. The van der Waals surface area contributed by atoms with Crippen molar-refractivity contribution in [3.8, 4) is 0 Å². The Morgan fingerprint density at radius 3 is 2.15 bits per heavy atom. The maximum atomic E-state index is 11.4. The van der Waals surface area contributed by atoms with Gasteiger partial charge in [0.2, 0.25) is 0 Å². The average molecular weight is 227 g/mol. The van der Waals surface area contributed by atoms with Gasteiger partial charge < -0.3 is 0 Å². The smallest absolute Gasteiger partial charge is 0.152 e. The summed E-state index contributed by atoms with van der Waals surface area (Å²) < 4.78 is 22.8. The standard InChI is InChI=1S/C9H19ClO2S/c1-4-9(7-10)5-6-13(11,12)8(2)3/h8-9H,4-7H2,1-3H3. The van der Waals surface area contributed by atoms with Crippen molar-refractivity contribution in [2.24, 2.45) is 5.92 Å². The molecule has 0 saturated carbocycles. The summed E-state index contributed by atoms with van der Waals surface area (Å²) in [5.74, 6) is 1.18. The number of sulfone groups is 1. The summed E-state index contributed by atoms with van der Waals surface area (Å²) in [6, 6.07) is 0. The Kier molecular flexibility index (Phi) is 5.97. The second-order valence-corrected chi connectivity index (χ2v) is 6.62. The van der Waals surface area contributed by atoms with Crippen LogP contribution in [0.5, 0.6) is 0 Å². The Morgan fingerprint density at radius 1 is 1.31 bits per heavy atom. The molecule has 0 aliphatic heterocycles. The van der Waals surface area contributed by atoms with Gasteiger partial charge in [-0.1, -0.05) is 13.3 Å². The molecule has 0 aromatic carbocycles. The van der Waals surface area contributed by atoms with Crippen molar-refractivity contribution in [1.29, 1.82) is 0 Å². The van der Waals surface area contributed by atoms with Crippen molar-refractivity contribution in [2.45, 2.75) is 38.9 Å². The van der Waals surface area contributed by atoms with Crippen LogP contribution in [-0.4, -0.2) is 25.3 Å². The zero-order valence-corrected chi connectivity index (χ0v) is 10.2. The van der Waals surface area contributed by atoms with E-state index < -0.39 is 9.84 Å². The fourth-order valence-electron chi connectivity index (χ4n) is 0.957. The molecule has 0 rings (SSSR count). The van der Waals surface area contributed by atoms with Crippen molar-refractivity contribution >= 4 is 21.4 Å². The highest BCUT2D eigenvalue weighted by Crippen LogP contribution is 2.13. The largest absolute Gasteiger partial charge is 0.229 e. The summed E-state index contributed by atoms with van der Waals surface area (Å²) in [4.78, 5) is 0. The van der Waals surface area contributed by atoms with Crippen LogP contribution in [0.1, 0.15) is 33.6 Å². The van der Waals surface area contributed by atoms with E-state index in [1.165, 1.54) is 0 Å². The highest BCUT2D eigenvalue weighted by molar-refractivity contribution is 7.91. The lowest BCUT2D eigenvalue weighted by atomic mass is 10.1. The van der Waals surface area contributed by atoms with Gasteiger partial charge >= 0.3 is 0 Å². The zero-order chi connectivity index (χ0) is 10.5. The first-order valence-electron chi connectivity index (χ1n) is 4.71. The third kappa shape index (κ3) is 4.87. The van der Waals surface area contributed by atoms with Gasteiger partial charge in [0.05, 0.1) is 11.0 Å². The first-order valence-corrected chi connectivity index (χ1v) is 6.96. The SMILES string of the molecule is CCC(CCl)CCS(=O)(=O)C(C)C. The Hall–Kier alpha value is 0.240. The molecule has 0 heterocycles. The van der Waals surface area contributed by atoms with Gasteiger partial charge in [0.25, 0.3) is 0 Å². The van der Waals surface area contributed by atoms with Crippen molar-refractivity contribution in [2.75, 3.05) is 11.6 Å². The molecule has 0 aliphatic rings. The number of hydrogen-bond donors (Lipinski definition) is 0. The molecule has 0 aromatic heterocycles. The van der Waals surface area contributed by atoms with Crippen molar-refractivity contribution in [3.63, 3.8) is 0 Å². The van der Waals surface area contributed by atoms with Gasteiger partial charge in [0.1, 0.15) is 0 Å². The van der Waals surface area contributed by atoms with Gasteiger partial charge in [-0.25, -0.2) is 8.42 Å². The van der Waals surface area contributed by atoms with Crippen LogP contribution in [0.25, 0.3) is 0 Å². The fraction of sp³-hybridized carbons (Fsp3) is 1.00. The van der Waals surface area contributed by atoms with Gasteiger partial charge in [-0.3, -0.25) is 0 Å². The zero-order valence-electron chi connectivity index (χ0n) is 8.59. The summed E-state index contributed by atoms with van der Waals surface area (Å²) >= 11 is 5.68. The van der Waals surface area contributed by atoms with Crippen molar-refractivity contribution < 1.29 is 8.42 Å². The van der Waals surface area contributed by atoms with Gasteiger partial charge in [-0.15, -0.1) is 11.6 Å². The monoisotopic (exact) mass is 226 g/mol. The number of halogens is 1. The van der Waals surface area contributed by atoms with Crippen LogP contribution >= 0.6 is 11.6 Å². The highest BCUT2D eigenvalue weighted by Gasteiger charge is 2.17. The predicted octanol–water partition coefficient (Wildman–Crippen LogP) is 2.46. The van der Waals surface area contributed by atoms with Crippen LogP contribution in [0.4, 0.5) is 0 Å². The lowest BCUT2D eigenvalue weighted by Gasteiger charge is -2.12. The number of rotatable bonds is 6. The molecular formula is C9H19ClO2S. The first kappa shape index (κ1) is 13.2. The second-order valence-electron chi connectivity index (χ2n) is 3.63. The highest BCUT2D eigenvalue weighted by atomic mass is 35.5. The minimum atomic E-state index is -2.87. The minimum absolute atomic E-state index is 0.264. The Morgan fingerprint density at radius 2 is 1.85 bits per heavy atom. The molecular weight excluding hydrogens is 208 g/mol. The molecule has 1 atom stereocenters. The van der Waals surface area contributed by atoms with Gasteiger partial charge in [-0.2, -0.15) is 0 Å². The first-order chi connectivity index (χ1) is 5.94. The summed E-state index contributed by atoms with van der Waals surface area (Å²) in [6.07, 6.45) is 1.65. The lowest BCUT2D eigenvalue weighted by Crippen LogP contribution is -2.20. The van der Waals surface area contributed by atoms with Crippen LogP contribution in [0.15, 0.2) is 0 Å². The third-order valence-electron chi connectivity index (χ3n) is 2.32. The van der Waals surface area contributed by atoms with Gasteiger partial charge in [0, 0.05) is 5.88 Å². The van der Waals surface area contributed by atoms with Gasteiger partial charge in [0.15, 0.2) is 9.84 Å². The molecule has 0 saturated heterocycles. The average Bonchev–Trinajstić information content (AvgIpc) is 2.06. The normalized spacial score (nSPS) is 14.8. The summed E-state index contributed by atoms with van der Waals surface area (Å²) in [6.45, 7) is 5.48. The van der Waals surface area contributed by atoms with Crippen LogP contribution in [0, 0.1) is 5.92 Å². The van der Waals surface area contributed by atoms with Crippen molar-refractivity contribution in [3.05, 3.63) is 0 Å². The maximum absolute atomic E-state index is 11.4. The quantitative estimate of drug-likeness (QED) is 0.652. The maximum Gasteiger partial charge on any atom is 0.152 e. The summed E-state index contributed by atoms with van der Waals surface area (Å²) in [5.41, 5.74) is 0. The number of alkyl halides is 1. The Bertz CT molecular complexity index is 218. The molecule has 13 heavy (non-hydrogen) atoms. The molecule has 0 spiro atoms. The van der Waals surface area contributed by atoms with E-state index in [0.717, 1.165) is 6.42 Å². The molecule has 0 bridgehead atoms. The molecule has 4 heteroatoms. The number of hydrogen-bond acceptors (Lipinski definition) is 2. The molecule has 0 N–H and O–H groups in total. The lowest BCUT2D eigenvalue weighted by molar-refractivity contribution is 0.534.